The van der Waals surface area contributed by atoms with E-state index in [0.717, 1.165) is 23.6 Å². The van der Waals surface area contributed by atoms with Crippen molar-refractivity contribution in [3.8, 4) is 11.3 Å². The van der Waals surface area contributed by atoms with E-state index in [0.29, 0.717) is 34.3 Å². The Labute approximate surface area is 151 Å². The van der Waals surface area contributed by atoms with Crippen LogP contribution in [0.4, 0.5) is 0 Å². The first-order valence-electron chi connectivity index (χ1n) is 9.32. The molecule has 3 aromatic rings. The van der Waals surface area contributed by atoms with Crippen LogP contribution in [0, 0.1) is 18.8 Å². The molecule has 5 heteroatoms. The summed E-state index contributed by atoms with van der Waals surface area (Å²) in [6, 6.07) is 12.0. The molecule has 132 valence electrons. The van der Waals surface area contributed by atoms with Gasteiger partial charge in [-0.3, -0.25) is 4.79 Å². The van der Waals surface area contributed by atoms with Crippen LogP contribution in [0.1, 0.15) is 41.7 Å². The average molecular weight is 347 g/mol. The summed E-state index contributed by atoms with van der Waals surface area (Å²) in [5.74, 6) is 1.39. The molecule has 0 radical (unpaired) electrons. The number of rotatable bonds is 3. The van der Waals surface area contributed by atoms with Crippen LogP contribution in [0.2, 0.25) is 0 Å². The fourth-order valence-corrected chi connectivity index (χ4v) is 4.70. The molecule has 26 heavy (non-hydrogen) atoms. The lowest BCUT2D eigenvalue weighted by atomic mass is 9.95. The molecule has 2 heterocycles. The summed E-state index contributed by atoms with van der Waals surface area (Å²) in [4.78, 5) is 17.7. The number of fused-ring (bicyclic) bond motifs is 3. The molecule has 1 N–H and O–H groups in total. The molecule has 1 aromatic carbocycles. The normalized spacial score (nSPS) is 24.3. The predicted octanol–water partition coefficient (Wildman–Crippen LogP) is 4.12. The van der Waals surface area contributed by atoms with Crippen molar-refractivity contribution in [3.63, 3.8) is 0 Å². The third-order valence-electron chi connectivity index (χ3n) is 5.99. The van der Waals surface area contributed by atoms with E-state index in [9.17, 15) is 4.79 Å². The molecular formula is C21H21N3O2. The van der Waals surface area contributed by atoms with Gasteiger partial charge in [-0.2, -0.15) is 0 Å². The molecule has 5 rings (SSSR count). The fourth-order valence-electron chi connectivity index (χ4n) is 4.70. The van der Waals surface area contributed by atoms with Gasteiger partial charge in [-0.15, -0.1) is 0 Å². The lowest BCUT2D eigenvalue weighted by Gasteiger charge is -2.23. The van der Waals surface area contributed by atoms with Crippen molar-refractivity contribution in [1.29, 1.82) is 0 Å². The molecule has 3 unspecified atom stereocenters. The molecule has 2 fully saturated rings. The molecular weight excluding hydrogens is 326 g/mol. The number of aryl methyl sites for hydroxylation is 1. The Kier molecular flexibility index (Phi) is 3.55. The van der Waals surface area contributed by atoms with Gasteiger partial charge < -0.3 is 9.84 Å². The Hall–Kier alpha value is -2.69. The first kappa shape index (κ1) is 15.6. The number of hydrogen-bond donors (Lipinski definition) is 1. The van der Waals surface area contributed by atoms with E-state index in [4.69, 9.17) is 4.52 Å². The lowest BCUT2D eigenvalue weighted by molar-refractivity contribution is 0.0924. The second-order valence-corrected chi connectivity index (χ2v) is 7.62. The zero-order valence-corrected chi connectivity index (χ0v) is 14.7. The van der Waals surface area contributed by atoms with E-state index in [1.165, 1.54) is 19.3 Å². The lowest BCUT2D eigenvalue weighted by Crippen LogP contribution is -2.38. The molecule has 5 nitrogen and oxygen atoms in total. The maximum atomic E-state index is 13.1. The first-order valence-corrected chi connectivity index (χ1v) is 9.32. The number of nitrogens with zero attached hydrogens (tertiary/aromatic N) is 2. The van der Waals surface area contributed by atoms with Crippen LogP contribution in [0.15, 0.2) is 40.9 Å². The second-order valence-electron chi connectivity index (χ2n) is 7.62. The predicted molar refractivity (Wildman–Crippen MR) is 98.7 cm³/mol. The second kappa shape index (κ2) is 5.94. The summed E-state index contributed by atoms with van der Waals surface area (Å²) < 4.78 is 5.38. The highest BCUT2D eigenvalue weighted by atomic mass is 16.5. The highest BCUT2D eigenvalue weighted by molar-refractivity contribution is 6.07. The van der Waals surface area contributed by atoms with Crippen molar-refractivity contribution in [2.45, 2.75) is 38.6 Å². The van der Waals surface area contributed by atoms with Crippen LogP contribution < -0.4 is 5.32 Å². The summed E-state index contributed by atoms with van der Waals surface area (Å²) in [6.07, 6.45) is 4.93. The molecule has 2 aliphatic carbocycles. The number of nitrogens with one attached hydrogen (secondary N) is 1. The van der Waals surface area contributed by atoms with Crippen LogP contribution >= 0.6 is 0 Å². The van der Waals surface area contributed by atoms with Crippen molar-refractivity contribution in [2.24, 2.45) is 11.8 Å². The Morgan fingerprint density at radius 3 is 2.77 bits per heavy atom. The van der Waals surface area contributed by atoms with Crippen LogP contribution in [0.25, 0.3) is 22.4 Å². The Morgan fingerprint density at radius 1 is 1.19 bits per heavy atom. The molecule has 1 amide bonds. The SMILES string of the molecule is Cc1noc2nc(-c3ccccc3)cc(C(=O)NC3CC4CCC3C4)c12. The number of carbonyl (C=O) groups is 1. The van der Waals surface area contributed by atoms with E-state index in [1.54, 1.807) is 0 Å². The van der Waals surface area contributed by atoms with Crippen molar-refractivity contribution in [3.05, 3.63) is 47.7 Å². The molecule has 0 aliphatic heterocycles. The Bertz CT molecular complexity index is 980. The summed E-state index contributed by atoms with van der Waals surface area (Å²) in [5, 5.41) is 8.02. The van der Waals surface area contributed by atoms with Gasteiger partial charge in [-0.1, -0.05) is 41.9 Å². The van der Waals surface area contributed by atoms with E-state index in [2.05, 4.69) is 15.5 Å². The van der Waals surface area contributed by atoms with Crippen molar-refractivity contribution >= 4 is 17.0 Å². The monoisotopic (exact) mass is 347 g/mol. The molecule has 3 atom stereocenters. The highest BCUT2D eigenvalue weighted by Gasteiger charge is 2.40. The summed E-state index contributed by atoms with van der Waals surface area (Å²) in [6.45, 7) is 1.85. The molecule has 2 aliphatic rings. The summed E-state index contributed by atoms with van der Waals surface area (Å²) in [7, 11) is 0. The van der Waals surface area contributed by atoms with Gasteiger partial charge in [0.25, 0.3) is 11.6 Å². The zero-order chi connectivity index (χ0) is 17.7. The standard InChI is InChI=1S/C21H21N3O2/c1-12-19-16(20(25)22-17-10-13-7-8-15(17)9-13)11-18(23-21(19)26-24-12)14-5-3-2-4-6-14/h2-6,11,13,15,17H,7-10H2,1H3,(H,22,25). The molecule has 0 spiro atoms. The first-order chi connectivity index (χ1) is 12.7. The van der Waals surface area contributed by atoms with Gasteiger partial charge in [0.2, 0.25) is 0 Å². The Balaban J connectivity index is 1.55. The minimum atomic E-state index is -0.0431. The Morgan fingerprint density at radius 2 is 2.04 bits per heavy atom. The number of benzene rings is 1. The number of hydrogen-bond acceptors (Lipinski definition) is 4. The largest absolute Gasteiger partial charge is 0.349 e. The third-order valence-corrected chi connectivity index (χ3v) is 5.99. The van der Waals surface area contributed by atoms with Crippen LogP contribution in [0.5, 0.6) is 0 Å². The van der Waals surface area contributed by atoms with E-state index >= 15 is 0 Å². The minimum Gasteiger partial charge on any atom is -0.349 e. The van der Waals surface area contributed by atoms with Gasteiger partial charge in [0, 0.05) is 11.6 Å². The van der Waals surface area contributed by atoms with Crippen molar-refractivity contribution in [1.82, 2.24) is 15.5 Å². The van der Waals surface area contributed by atoms with Gasteiger partial charge in [-0.05, 0) is 44.1 Å². The van der Waals surface area contributed by atoms with Gasteiger partial charge in [-0.25, -0.2) is 4.98 Å². The highest BCUT2D eigenvalue weighted by Crippen LogP contribution is 2.44. The third kappa shape index (κ3) is 2.50. The summed E-state index contributed by atoms with van der Waals surface area (Å²) >= 11 is 0. The fraction of sp³-hybridized carbons (Fsp3) is 0.381. The summed E-state index contributed by atoms with van der Waals surface area (Å²) in [5.41, 5.74) is 3.41. The van der Waals surface area contributed by atoms with E-state index < -0.39 is 0 Å². The van der Waals surface area contributed by atoms with Crippen LogP contribution in [-0.2, 0) is 0 Å². The van der Waals surface area contributed by atoms with Crippen LogP contribution in [0.3, 0.4) is 0 Å². The van der Waals surface area contributed by atoms with Gasteiger partial charge >= 0.3 is 0 Å². The topological polar surface area (TPSA) is 68.0 Å². The molecule has 2 saturated carbocycles. The molecule has 2 aromatic heterocycles. The quantitative estimate of drug-likeness (QED) is 0.774. The number of amides is 1. The minimum absolute atomic E-state index is 0.0431. The van der Waals surface area contributed by atoms with Crippen molar-refractivity contribution in [2.75, 3.05) is 0 Å². The van der Waals surface area contributed by atoms with Crippen LogP contribution in [-0.4, -0.2) is 22.1 Å². The molecule has 0 saturated heterocycles. The number of pyridine rings is 1. The van der Waals surface area contributed by atoms with E-state index in [1.807, 2.05) is 43.3 Å². The molecule has 2 bridgehead atoms. The smallest absolute Gasteiger partial charge is 0.259 e. The van der Waals surface area contributed by atoms with Crippen molar-refractivity contribution < 1.29 is 9.32 Å². The van der Waals surface area contributed by atoms with E-state index in [-0.39, 0.29) is 5.91 Å². The number of aromatic nitrogens is 2. The maximum Gasteiger partial charge on any atom is 0.259 e. The number of carbonyl (C=O) groups excluding carboxylic acids is 1. The van der Waals surface area contributed by atoms with Gasteiger partial charge in [0.05, 0.1) is 22.3 Å². The van der Waals surface area contributed by atoms with Gasteiger partial charge in [0.1, 0.15) is 0 Å². The maximum absolute atomic E-state index is 13.1. The zero-order valence-electron chi connectivity index (χ0n) is 14.7. The average Bonchev–Trinajstić information content (AvgIpc) is 3.38. The van der Waals surface area contributed by atoms with Gasteiger partial charge in [0.15, 0.2) is 0 Å².